The van der Waals surface area contributed by atoms with E-state index in [4.69, 9.17) is 6.42 Å². The van der Waals surface area contributed by atoms with Gasteiger partial charge in [0.15, 0.2) is 5.75 Å². The number of benzene rings is 1. The Balaban J connectivity index is 2.28. The van der Waals surface area contributed by atoms with E-state index in [1.165, 1.54) is 17.0 Å². The van der Waals surface area contributed by atoms with E-state index < -0.39 is 10.9 Å². The number of carbonyl (C=O) groups is 1. The lowest BCUT2D eigenvalue weighted by atomic mass is 10.1. The summed E-state index contributed by atoms with van der Waals surface area (Å²) in [5.41, 5.74) is -0.896. The Bertz CT molecular complexity index is 933. The first-order valence-electron chi connectivity index (χ1n) is 8.15. The summed E-state index contributed by atoms with van der Waals surface area (Å²) in [7, 11) is 3.13. The molecule has 0 spiro atoms. The molecule has 2 aromatic rings. The van der Waals surface area contributed by atoms with Gasteiger partial charge in [0.05, 0.1) is 11.3 Å². The number of amides is 1. The van der Waals surface area contributed by atoms with Gasteiger partial charge in [0.2, 0.25) is 0 Å². The molecule has 7 heteroatoms. The van der Waals surface area contributed by atoms with Crippen LogP contribution in [0.2, 0.25) is 0 Å². The minimum absolute atomic E-state index is 0.0478. The summed E-state index contributed by atoms with van der Waals surface area (Å²) < 4.78 is 0. The molecule has 0 aliphatic carbocycles. The molecule has 2 aromatic carbocycles. The smallest absolute Gasteiger partial charge is 0.257 e. The van der Waals surface area contributed by atoms with Crippen LogP contribution in [0.1, 0.15) is 23.7 Å². The highest BCUT2D eigenvalue weighted by Crippen LogP contribution is 2.31. The molecule has 0 heterocycles. The summed E-state index contributed by atoms with van der Waals surface area (Å²) >= 11 is 0. The number of phenols is 1. The van der Waals surface area contributed by atoms with Gasteiger partial charge in [-0.25, -0.2) is 0 Å². The van der Waals surface area contributed by atoms with Crippen molar-refractivity contribution in [1.29, 1.82) is 0 Å². The first-order chi connectivity index (χ1) is 12.3. The molecule has 0 aliphatic heterocycles. The van der Waals surface area contributed by atoms with Gasteiger partial charge >= 0.3 is 0 Å². The van der Waals surface area contributed by atoms with Crippen LogP contribution in [-0.2, 0) is 0 Å². The van der Waals surface area contributed by atoms with Gasteiger partial charge in [-0.1, -0.05) is 13.0 Å². The van der Waals surface area contributed by atoms with Crippen LogP contribution in [-0.4, -0.2) is 36.6 Å². The van der Waals surface area contributed by atoms with Crippen molar-refractivity contribution in [2.24, 2.45) is 5.92 Å². The van der Waals surface area contributed by atoms with Gasteiger partial charge in [0, 0.05) is 26.6 Å². The van der Waals surface area contributed by atoms with Crippen molar-refractivity contribution in [2.75, 3.05) is 31.3 Å². The average molecular weight is 355 g/mol. The van der Waals surface area contributed by atoms with Crippen molar-refractivity contribution < 1.29 is 9.90 Å². The molecular formula is C19H21N3O4. The predicted octanol–water partition coefficient (Wildman–Crippen LogP) is 1.50. The summed E-state index contributed by atoms with van der Waals surface area (Å²) in [6, 6.07) is 4.56. The summed E-state index contributed by atoms with van der Waals surface area (Å²) in [5, 5.41) is 16.0. The van der Waals surface area contributed by atoms with Crippen molar-refractivity contribution in [1.82, 2.24) is 4.90 Å². The van der Waals surface area contributed by atoms with E-state index in [2.05, 4.69) is 16.6 Å². The highest BCUT2D eigenvalue weighted by atomic mass is 16.3. The fourth-order valence-corrected chi connectivity index (χ4v) is 2.42. The fraction of sp³-hybridized carbons (Fsp3) is 0.316. The van der Waals surface area contributed by atoms with E-state index in [0.717, 1.165) is 6.42 Å². The van der Waals surface area contributed by atoms with E-state index in [9.17, 15) is 19.5 Å². The normalized spacial score (nSPS) is 11.6. The van der Waals surface area contributed by atoms with Crippen LogP contribution >= 0.6 is 0 Å². The summed E-state index contributed by atoms with van der Waals surface area (Å²) in [6.45, 7) is 2.29. The lowest BCUT2D eigenvalue weighted by Crippen LogP contribution is -2.37. The zero-order chi connectivity index (χ0) is 19.4. The molecule has 0 radical (unpaired) electrons. The Labute approximate surface area is 151 Å². The lowest BCUT2D eigenvalue weighted by molar-refractivity contribution is 0.0824. The molecule has 7 nitrogen and oxygen atoms in total. The monoisotopic (exact) mass is 355 g/mol. The Morgan fingerprint density at radius 3 is 2.50 bits per heavy atom. The molecule has 0 bridgehead atoms. The second kappa shape index (κ2) is 7.74. The number of nitrogens with zero attached hydrogens (tertiary/aromatic N) is 1. The van der Waals surface area contributed by atoms with Crippen molar-refractivity contribution in [3.05, 3.63) is 44.2 Å². The highest BCUT2D eigenvalue weighted by Gasteiger charge is 2.23. The topological polar surface area (TPSA) is 98.7 Å². The number of para-hydroxylation sites is 1. The van der Waals surface area contributed by atoms with Gasteiger partial charge in [-0.3, -0.25) is 14.4 Å². The summed E-state index contributed by atoms with van der Waals surface area (Å²) in [6.07, 6.45) is 6.13. The van der Waals surface area contributed by atoms with Gasteiger partial charge < -0.3 is 20.6 Å². The number of aromatic hydroxyl groups is 1. The number of anilines is 3. The standard InChI is InChI=1S/C19H21N3O4/c1-5-11(6-2)10-20-14-15(18(25)17(14)24)21-13-9-7-8-12(16(13)23)19(26)22(3)4/h1,7-9,11,20-21,23H,6,10H2,2-4H3. The molecule has 136 valence electrons. The number of rotatable bonds is 7. The number of terminal acetylenes is 1. The van der Waals surface area contributed by atoms with E-state index in [0.29, 0.717) is 6.54 Å². The quantitative estimate of drug-likeness (QED) is 0.396. The molecule has 1 unspecified atom stereocenters. The maximum Gasteiger partial charge on any atom is 0.257 e. The number of carbonyl (C=O) groups excluding carboxylic acids is 1. The Morgan fingerprint density at radius 1 is 1.27 bits per heavy atom. The van der Waals surface area contributed by atoms with E-state index in [1.54, 1.807) is 20.2 Å². The maximum absolute atomic E-state index is 12.1. The first kappa shape index (κ1) is 19.1. The molecule has 2 rings (SSSR count). The SMILES string of the molecule is C#CC(CC)CNc1c(Nc2cccc(C(=O)N(C)C)c2O)c(=O)c1=O. The molecule has 0 saturated heterocycles. The van der Waals surface area contributed by atoms with Gasteiger partial charge in [0.25, 0.3) is 16.8 Å². The van der Waals surface area contributed by atoms with E-state index >= 15 is 0 Å². The first-order valence-corrected chi connectivity index (χ1v) is 8.15. The second-order valence-electron chi connectivity index (χ2n) is 6.09. The van der Waals surface area contributed by atoms with Crippen LogP contribution in [0.15, 0.2) is 27.8 Å². The van der Waals surface area contributed by atoms with Crippen molar-refractivity contribution in [3.63, 3.8) is 0 Å². The number of hydrogen-bond acceptors (Lipinski definition) is 6. The fourth-order valence-electron chi connectivity index (χ4n) is 2.42. The van der Waals surface area contributed by atoms with Crippen LogP contribution < -0.4 is 21.5 Å². The van der Waals surface area contributed by atoms with Crippen LogP contribution in [0.4, 0.5) is 17.1 Å². The van der Waals surface area contributed by atoms with Gasteiger partial charge in [0.1, 0.15) is 11.4 Å². The molecular weight excluding hydrogens is 334 g/mol. The Kier molecular flexibility index (Phi) is 5.68. The van der Waals surface area contributed by atoms with Gasteiger partial charge in [-0.15, -0.1) is 12.3 Å². The number of nitrogens with one attached hydrogen (secondary N) is 2. The Morgan fingerprint density at radius 2 is 1.92 bits per heavy atom. The van der Waals surface area contributed by atoms with Crippen LogP contribution in [0.3, 0.4) is 0 Å². The van der Waals surface area contributed by atoms with Crippen LogP contribution in [0.5, 0.6) is 5.75 Å². The van der Waals surface area contributed by atoms with Gasteiger partial charge in [-0.2, -0.15) is 0 Å². The van der Waals surface area contributed by atoms with Gasteiger partial charge in [-0.05, 0) is 18.6 Å². The lowest BCUT2D eigenvalue weighted by Gasteiger charge is -2.18. The third-order valence-electron chi connectivity index (χ3n) is 4.10. The molecule has 26 heavy (non-hydrogen) atoms. The minimum atomic E-state index is -0.690. The third kappa shape index (κ3) is 3.54. The average Bonchev–Trinajstić information content (AvgIpc) is 2.64. The number of phenolic OH excluding ortho intramolecular Hbond substituents is 1. The summed E-state index contributed by atoms with van der Waals surface area (Å²) in [5.74, 6) is 1.86. The zero-order valence-electron chi connectivity index (χ0n) is 14.9. The van der Waals surface area contributed by atoms with Crippen molar-refractivity contribution in [3.8, 4) is 18.1 Å². The van der Waals surface area contributed by atoms with E-state index in [1.807, 2.05) is 6.92 Å². The van der Waals surface area contributed by atoms with E-state index in [-0.39, 0.29) is 40.2 Å². The molecule has 0 aromatic heterocycles. The molecule has 1 atom stereocenters. The minimum Gasteiger partial charge on any atom is -0.505 e. The largest absolute Gasteiger partial charge is 0.505 e. The second-order valence-corrected chi connectivity index (χ2v) is 6.09. The molecule has 0 fully saturated rings. The van der Waals surface area contributed by atoms with Crippen molar-refractivity contribution in [2.45, 2.75) is 13.3 Å². The third-order valence-corrected chi connectivity index (χ3v) is 4.10. The zero-order valence-corrected chi connectivity index (χ0v) is 14.9. The molecule has 0 saturated carbocycles. The molecule has 0 aliphatic rings. The maximum atomic E-state index is 12.1. The highest BCUT2D eigenvalue weighted by molar-refractivity contribution is 5.99. The Hall–Kier alpha value is -3.27. The van der Waals surface area contributed by atoms with Crippen LogP contribution in [0.25, 0.3) is 0 Å². The molecule has 1 amide bonds. The van der Waals surface area contributed by atoms with Crippen molar-refractivity contribution >= 4 is 23.0 Å². The molecule has 3 N–H and O–H groups in total. The van der Waals surface area contributed by atoms with Crippen LogP contribution in [0, 0.1) is 18.3 Å². The number of hydrogen-bond donors (Lipinski definition) is 3. The predicted molar refractivity (Wildman–Crippen MR) is 102 cm³/mol. The summed E-state index contributed by atoms with van der Waals surface area (Å²) in [4.78, 5) is 37.1.